The fourth-order valence-corrected chi connectivity index (χ4v) is 5.17. The molecule has 2 saturated carbocycles. The Morgan fingerprint density at radius 2 is 1.94 bits per heavy atom. The van der Waals surface area contributed by atoms with Crippen molar-refractivity contribution in [1.82, 2.24) is 14.7 Å². The number of aliphatic hydroxyl groups excluding tert-OH is 2. The highest BCUT2D eigenvalue weighted by molar-refractivity contribution is 5.93. The molecular weight excluding hydrogens is 434 g/mol. The van der Waals surface area contributed by atoms with E-state index in [9.17, 15) is 15.0 Å². The van der Waals surface area contributed by atoms with Gasteiger partial charge < -0.3 is 19.5 Å². The zero-order chi connectivity index (χ0) is 24.4. The van der Waals surface area contributed by atoms with Gasteiger partial charge in [0.15, 0.2) is 0 Å². The molecule has 5 rings (SSSR count). The summed E-state index contributed by atoms with van der Waals surface area (Å²) < 4.78 is 12.7. The van der Waals surface area contributed by atoms with E-state index < -0.39 is 23.9 Å². The number of aromatic nitrogens is 3. The minimum absolute atomic E-state index is 0.185. The van der Waals surface area contributed by atoms with Crippen LogP contribution in [0, 0.1) is 19.8 Å². The second-order valence-corrected chi connectivity index (χ2v) is 10.8. The second kappa shape index (κ2) is 8.20. The quantitative estimate of drug-likeness (QED) is 0.545. The SMILES string of the molecule is Cc1noc(C)c1-c1cc(C(O)C2CCCC2O)c2nc(C3CC3)n(C(=O)OC(C)(C)C)c2c1. The average Bonchev–Trinajstić information content (AvgIpc) is 3.25. The van der Waals surface area contributed by atoms with Gasteiger partial charge in [0.1, 0.15) is 17.2 Å². The lowest BCUT2D eigenvalue weighted by Gasteiger charge is -2.23. The molecule has 8 nitrogen and oxygen atoms in total. The van der Waals surface area contributed by atoms with Crippen LogP contribution in [0.25, 0.3) is 22.2 Å². The van der Waals surface area contributed by atoms with Gasteiger partial charge in [0.2, 0.25) is 0 Å². The van der Waals surface area contributed by atoms with E-state index in [4.69, 9.17) is 14.2 Å². The third-order valence-corrected chi connectivity index (χ3v) is 6.91. The molecule has 0 saturated heterocycles. The largest absolute Gasteiger partial charge is 0.443 e. The molecule has 3 aromatic rings. The van der Waals surface area contributed by atoms with Crippen LogP contribution in [0.15, 0.2) is 16.7 Å². The lowest BCUT2D eigenvalue weighted by Crippen LogP contribution is -2.28. The van der Waals surface area contributed by atoms with Gasteiger partial charge in [-0.1, -0.05) is 11.6 Å². The Kier molecular flexibility index (Phi) is 5.56. The highest BCUT2D eigenvalue weighted by Gasteiger charge is 2.37. The van der Waals surface area contributed by atoms with Crippen LogP contribution in [-0.2, 0) is 4.74 Å². The maximum atomic E-state index is 13.4. The third-order valence-electron chi connectivity index (χ3n) is 6.91. The summed E-state index contributed by atoms with van der Waals surface area (Å²) in [5.41, 5.74) is 3.46. The predicted molar refractivity (Wildman–Crippen MR) is 127 cm³/mol. The van der Waals surface area contributed by atoms with E-state index in [1.807, 2.05) is 46.8 Å². The number of aliphatic hydroxyl groups is 2. The number of nitrogens with zero attached hydrogens (tertiary/aromatic N) is 3. The third kappa shape index (κ3) is 4.03. The van der Waals surface area contributed by atoms with Gasteiger partial charge in [-0.2, -0.15) is 0 Å². The van der Waals surface area contributed by atoms with Crippen molar-refractivity contribution >= 4 is 17.1 Å². The van der Waals surface area contributed by atoms with Gasteiger partial charge in [-0.15, -0.1) is 0 Å². The Labute approximate surface area is 198 Å². The number of imidazole rings is 1. The molecule has 3 unspecified atom stereocenters. The van der Waals surface area contributed by atoms with Crippen LogP contribution >= 0.6 is 0 Å². The number of hydrogen-bond donors (Lipinski definition) is 2. The smallest absolute Gasteiger partial charge is 0.420 e. The van der Waals surface area contributed by atoms with Crippen molar-refractivity contribution in [2.24, 2.45) is 5.92 Å². The Morgan fingerprint density at radius 1 is 1.21 bits per heavy atom. The summed E-state index contributed by atoms with van der Waals surface area (Å²) in [6.07, 6.45) is 2.25. The van der Waals surface area contributed by atoms with E-state index in [2.05, 4.69) is 5.16 Å². The highest BCUT2D eigenvalue weighted by atomic mass is 16.6. The van der Waals surface area contributed by atoms with Crippen LogP contribution in [0.3, 0.4) is 0 Å². The van der Waals surface area contributed by atoms with Gasteiger partial charge in [0, 0.05) is 23.0 Å². The summed E-state index contributed by atoms with van der Waals surface area (Å²) in [7, 11) is 0. The number of fused-ring (bicyclic) bond motifs is 1. The molecule has 2 aromatic heterocycles. The molecule has 182 valence electrons. The molecule has 3 atom stereocenters. The Morgan fingerprint density at radius 3 is 2.50 bits per heavy atom. The topological polar surface area (TPSA) is 111 Å². The normalized spacial score (nSPS) is 21.9. The monoisotopic (exact) mass is 467 g/mol. The highest BCUT2D eigenvalue weighted by Crippen LogP contribution is 2.45. The van der Waals surface area contributed by atoms with Crippen LogP contribution in [0.5, 0.6) is 0 Å². The van der Waals surface area contributed by atoms with Crippen molar-refractivity contribution in [3.05, 3.63) is 35.0 Å². The molecule has 2 aliphatic rings. The van der Waals surface area contributed by atoms with Crippen LogP contribution in [-0.4, -0.2) is 42.7 Å². The molecule has 0 aliphatic heterocycles. The molecular formula is C26H33N3O5. The van der Waals surface area contributed by atoms with E-state index in [1.165, 1.54) is 0 Å². The molecule has 1 aromatic carbocycles. The van der Waals surface area contributed by atoms with Gasteiger partial charge >= 0.3 is 6.09 Å². The van der Waals surface area contributed by atoms with E-state index in [0.29, 0.717) is 34.6 Å². The van der Waals surface area contributed by atoms with Crippen molar-refractivity contribution in [1.29, 1.82) is 0 Å². The van der Waals surface area contributed by atoms with E-state index >= 15 is 0 Å². The molecule has 0 spiro atoms. The molecule has 0 bridgehead atoms. The molecule has 2 heterocycles. The molecule has 2 N–H and O–H groups in total. The number of aryl methyl sites for hydroxylation is 2. The number of rotatable bonds is 4. The summed E-state index contributed by atoms with van der Waals surface area (Å²) in [5, 5.41) is 26.1. The summed E-state index contributed by atoms with van der Waals surface area (Å²) in [6.45, 7) is 9.23. The molecule has 2 fully saturated rings. The van der Waals surface area contributed by atoms with Crippen LogP contribution in [0.4, 0.5) is 4.79 Å². The second-order valence-electron chi connectivity index (χ2n) is 10.8. The van der Waals surface area contributed by atoms with E-state index in [1.54, 1.807) is 4.57 Å². The fraction of sp³-hybridized carbons (Fsp3) is 0.577. The maximum Gasteiger partial charge on any atom is 0.420 e. The minimum Gasteiger partial charge on any atom is -0.443 e. The summed E-state index contributed by atoms with van der Waals surface area (Å²) in [6, 6.07) is 3.82. The van der Waals surface area contributed by atoms with Crippen molar-refractivity contribution in [2.75, 3.05) is 0 Å². The number of ether oxygens (including phenoxy) is 1. The summed E-state index contributed by atoms with van der Waals surface area (Å²) in [4.78, 5) is 18.3. The molecule has 2 aliphatic carbocycles. The van der Waals surface area contributed by atoms with Gasteiger partial charge in [0.25, 0.3) is 0 Å². The van der Waals surface area contributed by atoms with Crippen molar-refractivity contribution in [3.8, 4) is 11.1 Å². The van der Waals surface area contributed by atoms with Crippen LogP contribution in [0.2, 0.25) is 0 Å². The van der Waals surface area contributed by atoms with Gasteiger partial charge in [-0.25, -0.2) is 14.3 Å². The predicted octanol–water partition coefficient (Wildman–Crippen LogP) is 5.16. The first-order chi connectivity index (χ1) is 16.0. The fourth-order valence-electron chi connectivity index (χ4n) is 5.17. The van der Waals surface area contributed by atoms with Crippen molar-refractivity contribution < 1.29 is 24.3 Å². The average molecular weight is 468 g/mol. The summed E-state index contributed by atoms with van der Waals surface area (Å²) >= 11 is 0. The maximum absolute atomic E-state index is 13.4. The van der Waals surface area contributed by atoms with Crippen molar-refractivity contribution in [3.63, 3.8) is 0 Å². The number of hydrogen-bond acceptors (Lipinski definition) is 7. The van der Waals surface area contributed by atoms with Crippen LogP contribution in [0.1, 0.15) is 87.7 Å². The lowest BCUT2D eigenvalue weighted by molar-refractivity contribution is 0.0314. The number of carbonyl (C=O) groups is 1. The molecule has 0 radical (unpaired) electrons. The zero-order valence-electron chi connectivity index (χ0n) is 20.5. The number of benzene rings is 1. The van der Waals surface area contributed by atoms with E-state index in [-0.39, 0.29) is 11.8 Å². The first-order valence-corrected chi connectivity index (χ1v) is 12.1. The Balaban J connectivity index is 1.76. The first-order valence-electron chi connectivity index (χ1n) is 12.1. The van der Waals surface area contributed by atoms with Gasteiger partial charge in [0.05, 0.1) is 28.9 Å². The number of carbonyl (C=O) groups excluding carboxylic acids is 1. The van der Waals surface area contributed by atoms with Crippen LogP contribution < -0.4 is 0 Å². The Hall–Kier alpha value is -2.71. The van der Waals surface area contributed by atoms with E-state index in [0.717, 1.165) is 42.5 Å². The first kappa shape index (κ1) is 23.1. The standard InChI is InChI=1S/C26H33N3O5/c1-13-21(14(2)34-28-13)16-11-18(23(31)17-7-6-8-20(17)30)22-19(12-16)29(24(27-22)15-9-10-15)25(32)33-26(3,4)5/h11-12,15,17,20,23,30-31H,6-10H2,1-5H3. The molecule has 0 amide bonds. The van der Waals surface area contributed by atoms with Gasteiger partial charge in [-0.3, -0.25) is 0 Å². The summed E-state index contributed by atoms with van der Waals surface area (Å²) in [5.74, 6) is 1.23. The lowest BCUT2D eigenvalue weighted by atomic mass is 9.89. The van der Waals surface area contributed by atoms with Crippen molar-refractivity contribution in [2.45, 2.75) is 90.4 Å². The zero-order valence-corrected chi connectivity index (χ0v) is 20.5. The Bertz CT molecular complexity index is 1230. The van der Waals surface area contributed by atoms with Gasteiger partial charge in [-0.05, 0) is 78.0 Å². The minimum atomic E-state index is -0.908. The molecule has 8 heteroatoms. The molecule has 34 heavy (non-hydrogen) atoms.